The van der Waals surface area contributed by atoms with Crippen molar-refractivity contribution in [2.24, 2.45) is 0 Å². The molecule has 1 aromatic carbocycles. The summed E-state index contributed by atoms with van der Waals surface area (Å²) in [7, 11) is 1.50. The molecule has 0 spiro atoms. The molecule has 0 unspecified atom stereocenters. The van der Waals surface area contributed by atoms with Crippen LogP contribution in [0.1, 0.15) is 32.4 Å². The number of ether oxygens (including phenoxy) is 2. The largest absolute Gasteiger partial charge is 0.598 e. The maximum atomic E-state index is 13.2. The van der Waals surface area contributed by atoms with Gasteiger partial charge >= 0.3 is 0 Å². The van der Waals surface area contributed by atoms with E-state index in [1.165, 1.54) is 25.6 Å². The van der Waals surface area contributed by atoms with Crippen LogP contribution in [0.15, 0.2) is 47.5 Å². The van der Waals surface area contributed by atoms with Crippen LogP contribution in [0.3, 0.4) is 0 Å². The summed E-state index contributed by atoms with van der Waals surface area (Å²) in [5.74, 6) is 0.318. The predicted octanol–water partition coefficient (Wildman–Crippen LogP) is 3.74. The molecule has 0 aliphatic heterocycles. The summed E-state index contributed by atoms with van der Waals surface area (Å²) in [6.07, 6.45) is 4.77. The molecule has 0 saturated heterocycles. The SMILES string of the molecule is COc1ncnc(OC[C@H](N[S@+]([O-])C(C)(C)C)c2cnn(-c3ccc(F)cc3)c2)c1Br. The Hall–Kier alpha value is -2.21. The van der Waals surface area contributed by atoms with Crippen molar-refractivity contribution in [3.05, 3.63) is 58.8 Å². The Kier molecular flexibility index (Phi) is 7.52. The van der Waals surface area contributed by atoms with Crippen LogP contribution >= 0.6 is 15.9 Å². The highest BCUT2D eigenvalue weighted by atomic mass is 79.9. The van der Waals surface area contributed by atoms with Gasteiger partial charge in [-0.15, -0.1) is 4.72 Å². The Balaban J connectivity index is 1.84. The van der Waals surface area contributed by atoms with Crippen molar-refractivity contribution in [3.8, 4) is 17.4 Å². The fourth-order valence-electron chi connectivity index (χ4n) is 2.50. The molecule has 0 bridgehead atoms. The minimum Gasteiger partial charge on any atom is -0.598 e. The highest BCUT2D eigenvalue weighted by Crippen LogP contribution is 2.31. The van der Waals surface area contributed by atoms with Gasteiger partial charge in [-0.3, -0.25) is 0 Å². The topological polar surface area (TPSA) is 97.2 Å². The fraction of sp³-hybridized carbons (Fsp3) is 0.350. The molecule has 166 valence electrons. The van der Waals surface area contributed by atoms with Crippen molar-refractivity contribution in [3.63, 3.8) is 0 Å². The number of nitrogens with zero attached hydrogens (tertiary/aromatic N) is 4. The van der Waals surface area contributed by atoms with Gasteiger partial charge in [0, 0.05) is 23.1 Å². The number of hydrogen-bond acceptors (Lipinski definition) is 7. The lowest BCUT2D eigenvalue weighted by Gasteiger charge is -2.27. The van der Waals surface area contributed by atoms with Crippen LogP contribution in [-0.4, -0.2) is 42.8 Å². The molecule has 3 rings (SSSR count). The summed E-state index contributed by atoms with van der Waals surface area (Å²) >= 11 is 2.01. The van der Waals surface area contributed by atoms with Crippen LogP contribution in [0, 0.1) is 5.82 Å². The molecule has 2 heterocycles. The minimum atomic E-state index is -1.36. The van der Waals surface area contributed by atoms with Gasteiger partial charge in [0.15, 0.2) is 0 Å². The normalized spacial score (nSPS) is 13.6. The Morgan fingerprint density at radius 2 is 1.90 bits per heavy atom. The molecule has 31 heavy (non-hydrogen) atoms. The standard InChI is InChI=1S/C20H23BrFN5O3S/c1-20(2,3)31(28)26-16(11-30-19-17(21)18(29-4)23-12-24-19)13-9-25-27(10-13)15-7-5-14(22)6-8-15/h5-10,12,16,26H,11H2,1-4H3/t16-,31+/m0/s1. The van der Waals surface area contributed by atoms with Gasteiger partial charge in [0.05, 0.1) is 19.0 Å². The molecule has 11 heteroatoms. The van der Waals surface area contributed by atoms with E-state index in [-0.39, 0.29) is 12.4 Å². The molecular weight excluding hydrogens is 489 g/mol. The smallest absolute Gasteiger partial charge is 0.235 e. The summed E-state index contributed by atoms with van der Waals surface area (Å²) in [5, 5.41) is 4.35. The van der Waals surface area contributed by atoms with Crippen molar-refractivity contribution >= 4 is 27.3 Å². The van der Waals surface area contributed by atoms with E-state index < -0.39 is 22.2 Å². The molecule has 8 nitrogen and oxygen atoms in total. The van der Waals surface area contributed by atoms with Crippen LogP contribution in [0.5, 0.6) is 11.8 Å². The first-order valence-electron chi connectivity index (χ1n) is 9.35. The Morgan fingerprint density at radius 3 is 2.55 bits per heavy atom. The first-order chi connectivity index (χ1) is 14.7. The molecule has 0 aliphatic rings. The highest BCUT2D eigenvalue weighted by Gasteiger charge is 2.31. The molecule has 1 N–H and O–H groups in total. The summed E-state index contributed by atoms with van der Waals surface area (Å²) in [5.41, 5.74) is 1.45. The monoisotopic (exact) mass is 511 g/mol. The molecule has 2 aromatic heterocycles. The molecular formula is C20H23BrFN5O3S. The number of hydrogen-bond donors (Lipinski definition) is 1. The number of methoxy groups -OCH3 is 1. The van der Waals surface area contributed by atoms with Crippen LogP contribution in [0.4, 0.5) is 4.39 Å². The van der Waals surface area contributed by atoms with Crippen molar-refractivity contribution in [1.29, 1.82) is 0 Å². The van der Waals surface area contributed by atoms with Crippen LogP contribution in [-0.2, 0) is 11.4 Å². The Bertz CT molecular complexity index is 1010. The second-order valence-electron chi connectivity index (χ2n) is 7.56. The Morgan fingerprint density at radius 1 is 1.23 bits per heavy atom. The summed E-state index contributed by atoms with van der Waals surface area (Å²) < 4.78 is 41.8. The summed E-state index contributed by atoms with van der Waals surface area (Å²) in [4.78, 5) is 8.12. The highest BCUT2D eigenvalue weighted by molar-refractivity contribution is 9.10. The molecule has 2 atom stereocenters. The van der Waals surface area contributed by atoms with Crippen LogP contribution in [0.25, 0.3) is 5.69 Å². The third-order valence-electron chi connectivity index (χ3n) is 4.21. The molecule has 3 aromatic rings. The number of halogens is 2. The Labute approximate surface area is 191 Å². The van der Waals surface area contributed by atoms with Gasteiger partial charge in [0.25, 0.3) is 0 Å². The maximum absolute atomic E-state index is 13.2. The first-order valence-corrected chi connectivity index (χ1v) is 11.3. The van der Waals surface area contributed by atoms with Crippen LogP contribution < -0.4 is 14.2 Å². The van der Waals surface area contributed by atoms with E-state index in [0.717, 1.165) is 5.56 Å². The minimum absolute atomic E-state index is 0.121. The third-order valence-corrected chi connectivity index (χ3v) is 6.50. The molecule has 0 saturated carbocycles. The molecule has 0 amide bonds. The van der Waals surface area contributed by atoms with E-state index in [0.29, 0.717) is 21.9 Å². The summed E-state index contributed by atoms with van der Waals surface area (Å²) in [6.45, 7) is 5.75. The van der Waals surface area contributed by atoms with E-state index >= 15 is 0 Å². The number of aromatic nitrogens is 4. The number of rotatable bonds is 8. The lowest BCUT2D eigenvalue weighted by molar-refractivity contribution is 0.265. The van der Waals surface area contributed by atoms with E-state index in [9.17, 15) is 8.94 Å². The van der Waals surface area contributed by atoms with Gasteiger partial charge in [-0.25, -0.2) is 19.0 Å². The summed E-state index contributed by atoms with van der Waals surface area (Å²) in [6, 6.07) is 5.53. The van der Waals surface area contributed by atoms with Gasteiger partial charge in [0.2, 0.25) is 11.8 Å². The van der Waals surface area contributed by atoms with E-state index in [4.69, 9.17) is 9.47 Å². The van der Waals surface area contributed by atoms with Crippen molar-refractivity contribution in [1.82, 2.24) is 24.5 Å². The predicted molar refractivity (Wildman–Crippen MR) is 119 cm³/mol. The third kappa shape index (κ3) is 5.94. The van der Waals surface area contributed by atoms with Crippen molar-refractivity contribution in [2.45, 2.75) is 31.6 Å². The molecule has 0 aliphatic carbocycles. The molecule has 0 radical (unpaired) electrons. The average molecular weight is 512 g/mol. The van der Waals surface area contributed by atoms with Crippen molar-refractivity contribution in [2.75, 3.05) is 13.7 Å². The zero-order valence-electron chi connectivity index (χ0n) is 17.5. The zero-order chi connectivity index (χ0) is 22.6. The maximum Gasteiger partial charge on any atom is 0.235 e. The number of nitrogens with one attached hydrogen (secondary N) is 1. The van der Waals surface area contributed by atoms with Gasteiger partial charge < -0.3 is 14.0 Å². The van der Waals surface area contributed by atoms with E-state index in [1.54, 1.807) is 29.2 Å². The van der Waals surface area contributed by atoms with Gasteiger partial charge in [0.1, 0.15) is 34.0 Å². The van der Waals surface area contributed by atoms with Gasteiger partial charge in [-0.2, -0.15) is 5.10 Å². The number of benzene rings is 1. The average Bonchev–Trinajstić information content (AvgIpc) is 3.21. The fourth-order valence-corrected chi connectivity index (χ4v) is 3.80. The quantitative estimate of drug-likeness (QED) is 0.460. The molecule has 0 fully saturated rings. The van der Waals surface area contributed by atoms with Gasteiger partial charge in [-0.05, 0) is 61.0 Å². The second kappa shape index (κ2) is 9.94. The second-order valence-corrected chi connectivity index (χ2v) is 10.4. The van der Waals surface area contributed by atoms with Crippen LogP contribution in [0.2, 0.25) is 0 Å². The van der Waals surface area contributed by atoms with Crippen molar-refractivity contribution < 1.29 is 18.4 Å². The van der Waals surface area contributed by atoms with E-state index in [2.05, 4.69) is 35.7 Å². The lowest BCUT2D eigenvalue weighted by atomic mass is 10.2. The zero-order valence-corrected chi connectivity index (χ0v) is 19.9. The lowest BCUT2D eigenvalue weighted by Crippen LogP contribution is -2.42. The first kappa shape index (κ1) is 23.5. The van der Waals surface area contributed by atoms with Gasteiger partial charge in [-0.1, -0.05) is 0 Å². The van der Waals surface area contributed by atoms with E-state index in [1.807, 2.05) is 20.8 Å².